The molecule has 0 aliphatic carbocycles. The summed E-state index contributed by atoms with van der Waals surface area (Å²) in [5, 5.41) is 16.7. The van der Waals surface area contributed by atoms with Gasteiger partial charge in [0.05, 0.1) is 17.1 Å². The number of hydrogen-bond acceptors (Lipinski definition) is 6. The van der Waals surface area contributed by atoms with E-state index < -0.39 is 17.9 Å². The molecule has 1 fully saturated rings. The van der Waals surface area contributed by atoms with E-state index in [1.165, 1.54) is 4.57 Å². The van der Waals surface area contributed by atoms with E-state index in [0.29, 0.717) is 30.7 Å². The summed E-state index contributed by atoms with van der Waals surface area (Å²) >= 11 is 0. The average Bonchev–Trinajstić information content (AvgIpc) is 3.32. The maximum atomic E-state index is 12.6. The molecule has 3 heterocycles. The Balaban J connectivity index is 1.41. The second-order valence-electron chi connectivity index (χ2n) is 8.46. The van der Waals surface area contributed by atoms with Crippen LogP contribution in [0.3, 0.4) is 0 Å². The number of H-pyrrole nitrogens is 1. The minimum atomic E-state index is -0.680. The third-order valence-electron chi connectivity index (χ3n) is 6.25. The van der Waals surface area contributed by atoms with E-state index in [9.17, 15) is 14.9 Å². The van der Waals surface area contributed by atoms with E-state index in [4.69, 9.17) is 9.15 Å². The van der Waals surface area contributed by atoms with Crippen LogP contribution in [0.4, 0.5) is 0 Å². The van der Waals surface area contributed by atoms with Crippen LogP contribution in [0.5, 0.6) is 0 Å². The predicted octanol–water partition coefficient (Wildman–Crippen LogP) is 2.21. The zero-order chi connectivity index (χ0) is 23.7. The summed E-state index contributed by atoms with van der Waals surface area (Å²) in [6.07, 6.45) is 2.48. The average molecular weight is 460 g/mol. The van der Waals surface area contributed by atoms with Crippen LogP contribution < -0.4 is 16.4 Å². The number of nitriles is 1. The normalized spacial score (nSPS) is 17.4. The lowest BCUT2D eigenvalue weighted by Crippen LogP contribution is -2.46. The summed E-state index contributed by atoms with van der Waals surface area (Å²) in [5.41, 5.74) is 5.03. The van der Waals surface area contributed by atoms with Crippen LogP contribution in [-0.4, -0.2) is 47.3 Å². The van der Waals surface area contributed by atoms with Crippen molar-refractivity contribution in [2.24, 2.45) is 7.05 Å². The fourth-order valence-electron chi connectivity index (χ4n) is 4.43. The summed E-state index contributed by atoms with van der Waals surface area (Å²) in [4.78, 5) is 27.8. The highest BCUT2D eigenvalue weighted by atomic mass is 16.5. The van der Waals surface area contributed by atoms with Crippen LogP contribution in [-0.2, 0) is 23.0 Å². The van der Waals surface area contributed by atoms with Gasteiger partial charge in [0.25, 0.3) is 5.91 Å². The van der Waals surface area contributed by atoms with Crippen LogP contribution in [0.1, 0.15) is 12.0 Å². The number of benzene rings is 2. The van der Waals surface area contributed by atoms with Gasteiger partial charge < -0.3 is 24.8 Å². The molecule has 1 saturated heterocycles. The highest BCUT2D eigenvalue weighted by molar-refractivity contribution is 5.97. The van der Waals surface area contributed by atoms with Crippen molar-refractivity contribution in [3.8, 4) is 17.2 Å². The van der Waals surface area contributed by atoms with Crippen molar-refractivity contribution in [2.45, 2.75) is 25.0 Å². The van der Waals surface area contributed by atoms with Crippen molar-refractivity contribution in [3.05, 3.63) is 58.7 Å². The number of aromatic amines is 1. The molecule has 3 N–H and O–H groups in total. The minimum absolute atomic E-state index is 0.276. The number of carbonyl (C=O) groups excluding carboxylic acids is 1. The van der Waals surface area contributed by atoms with Crippen LogP contribution in [0.25, 0.3) is 33.1 Å². The molecule has 0 spiro atoms. The molecule has 1 amide bonds. The number of nitrogens with one attached hydrogen (secondary N) is 3. The largest absolute Gasteiger partial charge is 0.419 e. The number of aryl methyl sites for hydroxylation is 1. The molecule has 5 rings (SSSR count). The van der Waals surface area contributed by atoms with Crippen molar-refractivity contribution in [1.82, 2.24) is 20.2 Å². The Morgan fingerprint density at radius 1 is 1.32 bits per heavy atom. The minimum Gasteiger partial charge on any atom is -0.408 e. The van der Waals surface area contributed by atoms with Crippen LogP contribution in [0, 0.1) is 11.3 Å². The Morgan fingerprint density at radius 2 is 2.21 bits per heavy atom. The zero-order valence-electron chi connectivity index (χ0n) is 18.8. The Labute approximate surface area is 195 Å². The maximum Gasteiger partial charge on any atom is 0.419 e. The molecule has 0 radical (unpaired) electrons. The highest BCUT2D eigenvalue weighted by Crippen LogP contribution is 2.32. The molecule has 9 nitrogen and oxygen atoms in total. The molecule has 174 valence electrons. The summed E-state index contributed by atoms with van der Waals surface area (Å²) in [6.45, 7) is 1.77. The van der Waals surface area contributed by atoms with Gasteiger partial charge in [0.15, 0.2) is 5.58 Å². The second-order valence-corrected chi connectivity index (χ2v) is 8.46. The number of amides is 1. The van der Waals surface area contributed by atoms with E-state index >= 15 is 0 Å². The van der Waals surface area contributed by atoms with Gasteiger partial charge in [-0.25, -0.2) is 4.79 Å². The van der Waals surface area contributed by atoms with Gasteiger partial charge in [-0.15, -0.1) is 0 Å². The van der Waals surface area contributed by atoms with Gasteiger partial charge >= 0.3 is 5.76 Å². The summed E-state index contributed by atoms with van der Waals surface area (Å²) < 4.78 is 12.3. The molecule has 0 saturated carbocycles. The number of fused-ring (bicyclic) bond motifs is 2. The van der Waals surface area contributed by atoms with Crippen molar-refractivity contribution >= 4 is 27.9 Å². The number of ether oxygens (including phenoxy) is 1. The molecule has 4 aromatic rings. The fourth-order valence-corrected chi connectivity index (χ4v) is 4.43. The van der Waals surface area contributed by atoms with Gasteiger partial charge in [0, 0.05) is 43.8 Å². The number of nitrogens with zero attached hydrogens (tertiary/aromatic N) is 2. The first-order valence-corrected chi connectivity index (χ1v) is 11.3. The molecule has 9 heteroatoms. The molecule has 2 atom stereocenters. The molecule has 2 aromatic carbocycles. The molecular formula is C25H25N5O4. The van der Waals surface area contributed by atoms with E-state index in [1.54, 1.807) is 13.1 Å². The van der Waals surface area contributed by atoms with E-state index in [2.05, 4.69) is 21.7 Å². The lowest BCUT2D eigenvalue weighted by molar-refractivity contribution is -0.132. The molecule has 2 aromatic heterocycles. The first kappa shape index (κ1) is 21.9. The number of aromatic nitrogens is 2. The Kier molecular flexibility index (Phi) is 5.92. The predicted molar refractivity (Wildman–Crippen MR) is 127 cm³/mol. The Morgan fingerprint density at radius 3 is 3.06 bits per heavy atom. The molecule has 0 bridgehead atoms. The lowest BCUT2D eigenvalue weighted by Gasteiger charge is -2.18. The fraction of sp³-hybridized carbons (Fsp3) is 0.320. The molecule has 0 unspecified atom stereocenters. The Hall–Kier alpha value is -3.87. The van der Waals surface area contributed by atoms with Gasteiger partial charge in [0.1, 0.15) is 12.1 Å². The van der Waals surface area contributed by atoms with Crippen molar-refractivity contribution in [1.29, 1.82) is 5.26 Å². The monoisotopic (exact) mass is 459 g/mol. The standard InChI is InChI=1S/C25H25N5O4/c1-30-20-12-16(4-6-21(20)34-25(30)32)18-5-3-15(19-7-9-28-23(18)19)11-17(13-26)29-24(31)22-14-27-8-2-10-33-22/h3-7,9,12,17,22,27-28H,2,8,10-11,14H2,1H3,(H,29,31)/t17-,22-/m0/s1. The number of hydrogen-bond donors (Lipinski definition) is 3. The van der Waals surface area contributed by atoms with Crippen molar-refractivity contribution in [3.63, 3.8) is 0 Å². The van der Waals surface area contributed by atoms with Crippen LogP contribution in [0.2, 0.25) is 0 Å². The summed E-state index contributed by atoms with van der Waals surface area (Å²) in [7, 11) is 1.68. The molecule has 1 aliphatic rings. The first-order chi connectivity index (χ1) is 16.5. The van der Waals surface area contributed by atoms with Crippen molar-refractivity contribution < 1.29 is 13.9 Å². The Bertz CT molecular complexity index is 1450. The van der Waals surface area contributed by atoms with Gasteiger partial charge in [-0.1, -0.05) is 18.2 Å². The summed E-state index contributed by atoms with van der Waals surface area (Å²) in [5.74, 6) is -0.677. The third kappa shape index (κ3) is 4.09. The SMILES string of the molecule is Cn1c(=O)oc2ccc(-c3ccc(C[C@@H](C#N)NC(=O)[C@@H]4CNCCCO4)c4cc[nH]c34)cc21. The van der Waals surface area contributed by atoms with Gasteiger partial charge in [-0.3, -0.25) is 9.36 Å². The topological polar surface area (TPSA) is 125 Å². The van der Waals surface area contributed by atoms with E-state index in [0.717, 1.165) is 40.6 Å². The van der Waals surface area contributed by atoms with Gasteiger partial charge in [-0.2, -0.15) is 5.26 Å². The lowest BCUT2D eigenvalue weighted by atomic mass is 9.96. The molecule has 34 heavy (non-hydrogen) atoms. The van der Waals surface area contributed by atoms with Crippen molar-refractivity contribution in [2.75, 3.05) is 19.7 Å². The zero-order valence-corrected chi connectivity index (χ0v) is 18.8. The number of oxazole rings is 1. The molecular weight excluding hydrogens is 434 g/mol. The quantitative estimate of drug-likeness (QED) is 0.420. The maximum absolute atomic E-state index is 12.6. The second kappa shape index (κ2) is 9.17. The van der Waals surface area contributed by atoms with E-state index in [-0.39, 0.29) is 5.91 Å². The summed E-state index contributed by atoms with van der Waals surface area (Å²) in [6, 6.07) is 13.1. The van der Waals surface area contributed by atoms with Gasteiger partial charge in [-0.05, 0) is 42.3 Å². The number of carbonyl (C=O) groups is 1. The molecule has 1 aliphatic heterocycles. The van der Waals surface area contributed by atoms with Crippen LogP contribution >= 0.6 is 0 Å². The highest BCUT2D eigenvalue weighted by Gasteiger charge is 2.24. The van der Waals surface area contributed by atoms with Gasteiger partial charge in [0.2, 0.25) is 0 Å². The third-order valence-corrected chi connectivity index (χ3v) is 6.25. The van der Waals surface area contributed by atoms with Crippen LogP contribution in [0.15, 0.2) is 51.8 Å². The number of rotatable bonds is 5. The first-order valence-electron chi connectivity index (χ1n) is 11.3. The van der Waals surface area contributed by atoms with E-state index in [1.807, 2.05) is 36.5 Å². The smallest absolute Gasteiger partial charge is 0.408 e.